The molecule has 0 aliphatic rings. The number of amides is 1. The van der Waals surface area contributed by atoms with Crippen LogP contribution in [0.15, 0.2) is 66.4 Å². The Morgan fingerprint density at radius 3 is 2.72 bits per heavy atom. The maximum absolute atomic E-state index is 12.0. The molecule has 0 aliphatic heterocycles. The van der Waals surface area contributed by atoms with Crippen molar-refractivity contribution in [3.05, 3.63) is 66.4 Å². The monoisotopic (exact) mass is 499 g/mol. The van der Waals surface area contributed by atoms with Gasteiger partial charge in [-0.15, -0.1) is 11.3 Å². The van der Waals surface area contributed by atoms with Crippen LogP contribution in [0.3, 0.4) is 0 Å². The molecule has 36 heavy (non-hydrogen) atoms. The van der Waals surface area contributed by atoms with Gasteiger partial charge in [0.2, 0.25) is 0 Å². The number of aromatic nitrogens is 5. The zero-order chi connectivity index (χ0) is 24.9. The minimum atomic E-state index is -0.151. The third-order valence-electron chi connectivity index (χ3n) is 5.35. The molecule has 0 radical (unpaired) electrons. The molecular formula is C26H25N7O2S. The third-order valence-corrected chi connectivity index (χ3v) is 6.07. The molecule has 1 amide bonds. The highest BCUT2D eigenvalue weighted by molar-refractivity contribution is 7.16. The summed E-state index contributed by atoms with van der Waals surface area (Å²) in [6, 6.07) is 15.4. The van der Waals surface area contributed by atoms with Gasteiger partial charge in [0.15, 0.2) is 18.2 Å². The van der Waals surface area contributed by atoms with Crippen molar-refractivity contribution >= 4 is 39.1 Å². The lowest BCUT2D eigenvalue weighted by Gasteiger charge is -2.11. The van der Waals surface area contributed by atoms with Gasteiger partial charge in [-0.25, -0.2) is 15.0 Å². The molecule has 5 rings (SSSR count). The third kappa shape index (κ3) is 5.49. The molecule has 3 N–H and O–H groups in total. The van der Waals surface area contributed by atoms with E-state index in [1.54, 1.807) is 11.7 Å². The topological polar surface area (TPSA) is 118 Å². The van der Waals surface area contributed by atoms with Crippen LogP contribution in [0, 0.1) is 5.92 Å². The molecule has 10 heteroatoms. The summed E-state index contributed by atoms with van der Waals surface area (Å²) in [6.07, 6.45) is 3.64. The number of hydrogen-bond donors (Lipinski definition) is 3. The minimum absolute atomic E-state index is 0.0491. The SMILES string of the molecule is CC(C)CNC(=O)COc1cccc(-c2nc(Nc3ccc(-c4cn[nH]c4)cc3)c3ncsc3n2)c1. The Bertz CT molecular complexity index is 1460. The summed E-state index contributed by atoms with van der Waals surface area (Å²) in [4.78, 5) is 26.7. The number of thiazole rings is 1. The van der Waals surface area contributed by atoms with Crippen molar-refractivity contribution < 1.29 is 9.53 Å². The van der Waals surface area contributed by atoms with Gasteiger partial charge in [0.1, 0.15) is 16.1 Å². The van der Waals surface area contributed by atoms with Crippen LogP contribution in [-0.4, -0.2) is 44.2 Å². The molecule has 0 fully saturated rings. The number of aromatic amines is 1. The van der Waals surface area contributed by atoms with Crippen molar-refractivity contribution in [2.24, 2.45) is 5.92 Å². The number of ether oxygens (including phenoxy) is 1. The summed E-state index contributed by atoms with van der Waals surface area (Å²) >= 11 is 1.45. The number of hydrogen-bond acceptors (Lipinski definition) is 8. The van der Waals surface area contributed by atoms with Crippen molar-refractivity contribution in [2.45, 2.75) is 13.8 Å². The average Bonchev–Trinajstić information content (AvgIpc) is 3.59. The van der Waals surface area contributed by atoms with Gasteiger partial charge in [0.05, 0.1) is 11.7 Å². The quantitative estimate of drug-likeness (QED) is 0.260. The van der Waals surface area contributed by atoms with Crippen molar-refractivity contribution in [3.8, 4) is 28.3 Å². The second-order valence-electron chi connectivity index (χ2n) is 8.61. The van der Waals surface area contributed by atoms with E-state index in [0.29, 0.717) is 35.4 Å². The molecule has 182 valence electrons. The number of nitrogens with one attached hydrogen (secondary N) is 3. The molecule has 3 aromatic heterocycles. The first-order valence-corrected chi connectivity index (χ1v) is 12.4. The molecule has 5 aromatic rings. The highest BCUT2D eigenvalue weighted by Crippen LogP contribution is 2.30. The van der Waals surface area contributed by atoms with E-state index in [-0.39, 0.29) is 12.5 Å². The number of nitrogens with zero attached hydrogens (tertiary/aromatic N) is 4. The molecule has 2 aromatic carbocycles. The van der Waals surface area contributed by atoms with E-state index in [2.05, 4.69) is 25.8 Å². The Hall–Kier alpha value is -4.31. The van der Waals surface area contributed by atoms with Crippen LogP contribution in [0.5, 0.6) is 5.75 Å². The van der Waals surface area contributed by atoms with E-state index in [4.69, 9.17) is 14.7 Å². The largest absolute Gasteiger partial charge is 0.484 e. The predicted octanol–water partition coefficient (Wildman–Crippen LogP) is 5.04. The van der Waals surface area contributed by atoms with E-state index in [1.807, 2.05) is 68.6 Å². The van der Waals surface area contributed by atoms with E-state index in [1.165, 1.54) is 11.3 Å². The van der Waals surface area contributed by atoms with E-state index in [0.717, 1.165) is 27.2 Å². The van der Waals surface area contributed by atoms with Crippen LogP contribution in [0.2, 0.25) is 0 Å². The molecule has 0 spiro atoms. The number of H-pyrrole nitrogens is 1. The highest BCUT2D eigenvalue weighted by Gasteiger charge is 2.13. The van der Waals surface area contributed by atoms with Crippen LogP contribution in [0.1, 0.15) is 13.8 Å². The summed E-state index contributed by atoms with van der Waals surface area (Å²) < 4.78 is 5.70. The fourth-order valence-corrected chi connectivity index (χ4v) is 4.17. The van der Waals surface area contributed by atoms with Gasteiger partial charge in [0.25, 0.3) is 5.91 Å². The molecule has 3 heterocycles. The van der Waals surface area contributed by atoms with Gasteiger partial charge in [-0.2, -0.15) is 5.10 Å². The molecular weight excluding hydrogens is 474 g/mol. The first-order valence-electron chi connectivity index (χ1n) is 11.5. The Labute approximate surface area is 212 Å². The summed E-state index contributed by atoms with van der Waals surface area (Å²) in [5.41, 5.74) is 6.20. The maximum Gasteiger partial charge on any atom is 0.257 e. The summed E-state index contributed by atoms with van der Waals surface area (Å²) in [7, 11) is 0. The lowest BCUT2D eigenvalue weighted by Crippen LogP contribution is -2.31. The number of carbonyl (C=O) groups is 1. The standard InChI is InChI=1S/C26H25N7O2S/c1-16(2)11-27-22(34)14-35-21-5-3-4-18(10-21)24-32-25(23-26(33-24)36-15-28-23)31-20-8-6-17(7-9-20)19-12-29-30-13-19/h3-10,12-13,15-16H,11,14H2,1-2H3,(H,27,34)(H,29,30)(H,31,32,33). The Morgan fingerprint density at radius 2 is 1.94 bits per heavy atom. The summed E-state index contributed by atoms with van der Waals surface area (Å²) in [6.45, 7) is 4.66. The van der Waals surface area contributed by atoms with Crippen molar-refractivity contribution in [2.75, 3.05) is 18.5 Å². The van der Waals surface area contributed by atoms with E-state index >= 15 is 0 Å². The lowest BCUT2D eigenvalue weighted by molar-refractivity contribution is -0.123. The molecule has 0 unspecified atom stereocenters. The number of anilines is 2. The smallest absolute Gasteiger partial charge is 0.257 e. The fraction of sp³-hybridized carbons (Fsp3) is 0.192. The molecule has 0 saturated carbocycles. The predicted molar refractivity (Wildman–Crippen MR) is 141 cm³/mol. The van der Waals surface area contributed by atoms with Crippen LogP contribution >= 0.6 is 11.3 Å². The first kappa shape index (κ1) is 23.4. The lowest BCUT2D eigenvalue weighted by atomic mass is 10.1. The highest BCUT2D eigenvalue weighted by atomic mass is 32.1. The molecule has 9 nitrogen and oxygen atoms in total. The second-order valence-corrected chi connectivity index (χ2v) is 9.44. The number of carbonyl (C=O) groups excluding carboxylic acids is 1. The van der Waals surface area contributed by atoms with Crippen molar-refractivity contribution in [1.82, 2.24) is 30.5 Å². The van der Waals surface area contributed by atoms with Gasteiger partial charge < -0.3 is 15.4 Å². The molecule has 0 aliphatic carbocycles. The summed E-state index contributed by atoms with van der Waals surface area (Å²) in [5, 5.41) is 13.1. The maximum atomic E-state index is 12.0. The molecule has 0 saturated heterocycles. The Morgan fingerprint density at radius 1 is 1.08 bits per heavy atom. The van der Waals surface area contributed by atoms with Gasteiger partial charge in [-0.05, 0) is 35.7 Å². The van der Waals surface area contributed by atoms with E-state index in [9.17, 15) is 4.79 Å². The van der Waals surface area contributed by atoms with Crippen molar-refractivity contribution in [3.63, 3.8) is 0 Å². The Balaban J connectivity index is 1.36. The Kier molecular flexibility index (Phi) is 6.85. The fourth-order valence-electron chi connectivity index (χ4n) is 3.51. The van der Waals surface area contributed by atoms with Gasteiger partial charge in [-0.3, -0.25) is 9.89 Å². The molecule has 0 atom stereocenters. The second kappa shape index (κ2) is 10.5. The normalized spacial score (nSPS) is 11.1. The zero-order valence-corrected chi connectivity index (χ0v) is 20.7. The first-order chi connectivity index (χ1) is 17.5. The van der Waals surface area contributed by atoms with Crippen LogP contribution in [0.4, 0.5) is 11.5 Å². The number of rotatable bonds is 9. The summed E-state index contributed by atoms with van der Waals surface area (Å²) in [5.74, 6) is 1.96. The average molecular weight is 500 g/mol. The molecule has 0 bridgehead atoms. The van der Waals surface area contributed by atoms with Crippen LogP contribution < -0.4 is 15.4 Å². The van der Waals surface area contributed by atoms with Crippen molar-refractivity contribution in [1.29, 1.82) is 0 Å². The van der Waals surface area contributed by atoms with Gasteiger partial charge in [0, 0.05) is 29.6 Å². The van der Waals surface area contributed by atoms with Gasteiger partial charge >= 0.3 is 0 Å². The van der Waals surface area contributed by atoms with E-state index < -0.39 is 0 Å². The number of benzene rings is 2. The minimum Gasteiger partial charge on any atom is -0.484 e. The zero-order valence-electron chi connectivity index (χ0n) is 19.9. The van der Waals surface area contributed by atoms with Crippen LogP contribution in [-0.2, 0) is 4.79 Å². The number of fused-ring (bicyclic) bond motifs is 1. The van der Waals surface area contributed by atoms with Crippen LogP contribution in [0.25, 0.3) is 32.9 Å². The van der Waals surface area contributed by atoms with Gasteiger partial charge in [-0.1, -0.05) is 38.1 Å².